The molecule has 276 valence electrons. The molecule has 5 atom stereocenters. The van der Waals surface area contributed by atoms with Crippen LogP contribution < -0.4 is 4.74 Å². The fraction of sp³-hybridized carbons (Fsp3) is 0.234. The third-order valence-corrected chi connectivity index (χ3v) is 9.68. The van der Waals surface area contributed by atoms with E-state index in [1.54, 1.807) is 0 Å². The zero-order chi connectivity index (χ0) is 36.8. The van der Waals surface area contributed by atoms with Crippen molar-refractivity contribution in [3.63, 3.8) is 0 Å². The normalized spacial score (nSPS) is 19.1. The summed E-state index contributed by atoms with van der Waals surface area (Å²) in [5.41, 5.74) is 6.08. The van der Waals surface area contributed by atoms with Gasteiger partial charge >= 0.3 is 0 Å². The fourth-order valence-corrected chi connectivity index (χ4v) is 6.89. The molecule has 1 aliphatic heterocycles. The molecule has 1 fully saturated rings. The Bertz CT molecular complexity index is 1930. The van der Waals surface area contributed by atoms with Gasteiger partial charge in [-0.05, 0) is 45.5 Å². The lowest BCUT2D eigenvalue weighted by Crippen LogP contribution is -2.49. The van der Waals surface area contributed by atoms with E-state index in [0.29, 0.717) is 33.0 Å². The van der Waals surface area contributed by atoms with Gasteiger partial charge in [-0.3, -0.25) is 0 Å². The van der Waals surface area contributed by atoms with Gasteiger partial charge in [-0.15, -0.1) is 0 Å². The molecule has 0 saturated carbocycles. The molecular weight excluding hydrogens is 675 g/mol. The summed E-state index contributed by atoms with van der Waals surface area (Å²) in [6.07, 6.45) is -1.75. The van der Waals surface area contributed by atoms with Crippen LogP contribution in [-0.2, 0) is 52.0 Å². The van der Waals surface area contributed by atoms with Gasteiger partial charge in [0, 0.05) is 0 Å². The molecule has 1 saturated heterocycles. The first-order valence-corrected chi connectivity index (χ1v) is 18.5. The van der Waals surface area contributed by atoms with Gasteiger partial charge in [0.15, 0.2) is 0 Å². The third-order valence-electron chi connectivity index (χ3n) is 9.68. The SMILES string of the molecule is ON1[C@H](C(COCc2ccccc2)OCc2ccccc2)[C@H](OCc2ccccc2)[C@@H](OCc2ccccc2)[C@@H]1c1ccc(OCc2ccccc2)cc1. The van der Waals surface area contributed by atoms with E-state index in [4.69, 9.17) is 23.7 Å². The van der Waals surface area contributed by atoms with Crippen LogP contribution in [0.3, 0.4) is 0 Å². The largest absolute Gasteiger partial charge is 0.489 e. The molecule has 7 nitrogen and oxygen atoms in total. The maximum atomic E-state index is 12.4. The van der Waals surface area contributed by atoms with Crippen LogP contribution in [0.4, 0.5) is 0 Å². The van der Waals surface area contributed by atoms with Crippen LogP contribution in [0.2, 0.25) is 0 Å². The highest BCUT2D eigenvalue weighted by Crippen LogP contribution is 2.42. The summed E-state index contributed by atoms with van der Waals surface area (Å²) in [5, 5.41) is 13.8. The summed E-state index contributed by atoms with van der Waals surface area (Å²) in [7, 11) is 0. The topological polar surface area (TPSA) is 69.6 Å². The van der Waals surface area contributed by atoms with Gasteiger partial charge in [-0.25, -0.2) is 0 Å². The molecule has 0 spiro atoms. The van der Waals surface area contributed by atoms with Crippen molar-refractivity contribution >= 4 is 0 Å². The lowest BCUT2D eigenvalue weighted by Gasteiger charge is -2.32. The van der Waals surface area contributed by atoms with Gasteiger partial charge in [-0.2, -0.15) is 5.06 Å². The van der Waals surface area contributed by atoms with E-state index in [0.717, 1.165) is 39.1 Å². The minimum atomic E-state index is -0.645. The molecule has 0 radical (unpaired) electrons. The molecule has 7 heteroatoms. The van der Waals surface area contributed by atoms with E-state index in [-0.39, 0.29) is 6.61 Å². The van der Waals surface area contributed by atoms with Crippen molar-refractivity contribution in [1.82, 2.24) is 5.06 Å². The van der Waals surface area contributed by atoms with Crippen LogP contribution in [0, 0.1) is 0 Å². The van der Waals surface area contributed by atoms with Crippen molar-refractivity contribution < 1.29 is 28.9 Å². The van der Waals surface area contributed by atoms with E-state index in [2.05, 4.69) is 0 Å². The van der Waals surface area contributed by atoms with Gasteiger partial charge in [0.1, 0.15) is 30.7 Å². The molecule has 1 N–H and O–H groups in total. The Balaban J connectivity index is 1.20. The predicted octanol–water partition coefficient (Wildman–Crippen LogP) is 9.35. The number of benzene rings is 6. The minimum Gasteiger partial charge on any atom is -0.489 e. The number of ether oxygens (including phenoxy) is 5. The summed E-state index contributed by atoms with van der Waals surface area (Å²) >= 11 is 0. The van der Waals surface area contributed by atoms with Crippen molar-refractivity contribution in [2.45, 2.75) is 63.4 Å². The average molecular weight is 722 g/mol. The molecule has 6 aromatic carbocycles. The molecule has 0 bridgehead atoms. The van der Waals surface area contributed by atoms with Crippen molar-refractivity contribution in [3.8, 4) is 5.75 Å². The van der Waals surface area contributed by atoms with Crippen molar-refractivity contribution in [3.05, 3.63) is 209 Å². The Morgan fingerprint density at radius 2 is 0.889 bits per heavy atom. The Labute approximate surface area is 318 Å². The Hall–Kier alpha value is -5.12. The summed E-state index contributed by atoms with van der Waals surface area (Å²) in [6.45, 7) is 2.09. The average Bonchev–Trinajstić information content (AvgIpc) is 3.51. The van der Waals surface area contributed by atoms with Gasteiger partial charge in [0.05, 0.1) is 45.1 Å². The number of hydrogen-bond donors (Lipinski definition) is 1. The van der Waals surface area contributed by atoms with Crippen molar-refractivity contribution in [2.24, 2.45) is 0 Å². The Morgan fingerprint density at radius 3 is 1.39 bits per heavy atom. The molecule has 54 heavy (non-hydrogen) atoms. The van der Waals surface area contributed by atoms with Crippen molar-refractivity contribution in [2.75, 3.05) is 6.61 Å². The second kappa shape index (κ2) is 19.3. The van der Waals surface area contributed by atoms with Gasteiger partial charge < -0.3 is 28.9 Å². The molecule has 0 aromatic heterocycles. The second-order valence-corrected chi connectivity index (χ2v) is 13.5. The number of hydrogen-bond acceptors (Lipinski definition) is 7. The second-order valence-electron chi connectivity index (χ2n) is 13.5. The van der Waals surface area contributed by atoms with Gasteiger partial charge in [0.2, 0.25) is 0 Å². The third kappa shape index (κ3) is 10.1. The first kappa shape index (κ1) is 37.2. The number of nitrogens with zero attached hydrogens (tertiary/aromatic N) is 1. The summed E-state index contributed by atoms with van der Waals surface area (Å²) in [4.78, 5) is 0. The molecule has 0 amide bonds. The molecule has 7 rings (SSSR count). The number of rotatable bonds is 18. The van der Waals surface area contributed by atoms with Crippen LogP contribution in [-0.4, -0.2) is 41.2 Å². The first-order valence-electron chi connectivity index (χ1n) is 18.5. The lowest BCUT2D eigenvalue weighted by atomic mass is 9.98. The zero-order valence-corrected chi connectivity index (χ0v) is 30.3. The standard InChI is InChI=1S/C47H47NO6/c49-48-44(41-26-28-42(29-27-41)51-31-37-18-8-2-9-19-37)46(53-33-39-22-12-4-13-23-39)47(54-34-40-24-14-5-15-25-40)45(48)43(52-32-38-20-10-3-11-21-38)35-50-30-36-16-6-1-7-17-36/h1-29,43-47,49H,30-35H2/t43?,44-,45+,46-,47-/m0/s1. The van der Waals surface area contributed by atoms with E-state index in [1.165, 1.54) is 5.06 Å². The Morgan fingerprint density at radius 1 is 0.463 bits per heavy atom. The van der Waals surface area contributed by atoms with Gasteiger partial charge in [-0.1, -0.05) is 164 Å². The highest BCUT2D eigenvalue weighted by Gasteiger charge is 2.54. The molecule has 1 heterocycles. The maximum Gasteiger partial charge on any atom is 0.119 e. The van der Waals surface area contributed by atoms with Crippen LogP contribution in [0.1, 0.15) is 39.4 Å². The maximum absolute atomic E-state index is 12.4. The monoisotopic (exact) mass is 721 g/mol. The lowest BCUT2D eigenvalue weighted by molar-refractivity contribution is -0.196. The van der Waals surface area contributed by atoms with Crippen LogP contribution in [0.15, 0.2) is 176 Å². The number of hydroxylamine groups is 2. The zero-order valence-electron chi connectivity index (χ0n) is 30.3. The van der Waals surface area contributed by atoms with Crippen molar-refractivity contribution in [1.29, 1.82) is 0 Å². The highest BCUT2D eigenvalue weighted by molar-refractivity contribution is 5.32. The molecule has 6 aromatic rings. The van der Waals surface area contributed by atoms with Crippen LogP contribution >= 0.6 is 0 Å². The summed E-state index contributed by atoms with van der Waals surface area (Å²) in [5.74, 6) is 0.735. The molecular formula is C47H47NO6. The first-order chi connectivity index (χ1) is 26.7. The van der Waals surface area contributed by atoms with E-state index in [1.807, 2.05) is 176 Å². The van der Waals surface area contributed by atoms with E-state index < -0.39 is 30.4 Å². The quantitative estimate of drug-likeness (QED) is 0.0949. The smallest absolute Gasteiger partial charge is 0.119 e. The summed E-state index contributed by atoms with van der Waals surface area (Å²) in [6, 6.07) is 57.0. The van der Waals surface area contributed by atoms with E-state index >= 15 is 0 Å². The minimum absolute atomic E-state index is 0.221. The molecule has 1 unspecified atom stereocenters. The predicted molar refractivity (Wildman–Crippen MR) is 209 cm³/mol. The molecule has 0 aliphatic carbocycles. The Kier molecular flexibility index (Phi) is 13.3. The van der Waals surface area contributed by atoms with Crippen LogP contribution in [0.5, 0.6) is 5.75 Å². The van der Waals surface area contributed by atoms with E-state index in [9.17, 15) is 5.21 Å². The van der Waals surface area contributed by atoms with Gasteiger partial charge in [0.25, 0.3) is 0 Å². The van der Waals surface area contributed by atoms with Crippen LogP contribution in [0.25, 0.3) is 0 Å². The summed E-state index contributed by atoms with van der Waals surface area (Å²) < 4.78 is 32.9. The molecule has 1 aliphatic rings. The highest BCUT2D eigenvalue weighted by atomic mass is 16.6. The fourth-order valence-electron chi connectivity index (χ4n) is 6.89.